The van der Waals surface area contributed by atoms with Crippen LogP contribution < -0.4 is 16.4 Å². The van der Waals surface area contributed by atoms with Gasteiger partial charge in [0.15, 0.2) is 5.96 Å². The molecule has 116 valence electrons. The third-order valence-electron chi connectivity index (χ3n) is 2.74. The minimum absolute atomic E-state index is 0.156. The van der Waals surface area contributed by atoms with E-state index in [-0.39, 0.29) is 12.5 Å². The first-order valence-electron chi connectivity index (χ1n) is 5.73. The molecule has 1 heterocycles. The summed E-state index contributed by atoms with van der Waals surface area (Å²) < 4.78 is 77.8. The molecule has 1 aliphatic heterocycles. The van der Waals surface area contributed by atoms with Gasteiger partial charge in [0, 0.05) is 12.2 Å². The van der Waals surface area contributed by atoms with Crippen molar-refractivity contribution in [1.82, 2.24) is 5.32 Å². The molecule has 1 aliphatic rings. The Balaban J connectivity index is 2.62. The molecule has 0 amide bonds. The van der Waals surface area contributed by atoms with Crippen molar-refractivity contribution in [1.29, 1.82) is 0 Å². The number of alkyl halides is 6. The zero-order chi connectivity index (χ0) is 15.8. The molecule has 0 atom stereocenters. The van der Waals surface area contributed by atoms with E-state index in [0.29, 0.717) is 18.7 Å². The van der Waals surface area contributed by atoms with Crippen molar-refractivity contribution in [3.8, 4) is 0 Å². The molecule has 2 rings (SSSR count). The van der Waals surface area contributed by atoms with Crippen molar-refractivity contribution in [2.75, 3.05) is 24.1 Å². The highest BCUT2D eigenvalue weighted by atomic mass is 19.4. The van der Waals surface area contributed by atoms with Crippen molar-refractivity contribution >= 4 is 17.3 Å². The normalized spacial score (nSPS) is 15.6. The third kappa shape index (κ3) is 3.14. The van der Waals surface area contributed by atoms with E-state index < -0.39 is 34.9 Å². The summed E-state index contributed by atoms with van der Waals surface area (Å²) in [5.74, 6) is -0.156. The number of aliphatic imine (C=N–C) groups is 1. The van der Waals surface area contributed by atoms with E-state index in [1.54, 1.807) is 0 Å². The molecule has 0 saturated heterocycles. The standard InChI is InChI=1S/C11H10F6N4/c12-10(13,14)5-1-2-6(18)7(11(15,16)17)8(5)21-9-19-3-4-20-9/h1-2H,3-4,18H2,(H2,19,20,21). The third-order valence-corrected chi connectivity index (χ3v) is 2.74. The van der Waals surface area contributed by atoms with Gasteiger partial charge in [0.05, 0.1) is 17.8 Å². The summed E-state index contributed by atoms with van der Waals surface area (Å²) in [6, 6.07) is 1.09. The number of hydrogen-bond acceptors (Lipinski definition) is 4. The lowest BCUT2D eigenvalue weighted by molar-refractivity contribution is -0.141. The molecular formula is C11H10F6N4. The summed E-state index contributed by atoms with van der Waals surface area (Å²) in [5.41, 5.74) is 0.242. The minimum atomic E-state index is -5.03. The van der Waals surface area contributed by atoms with Gasteiger partial charge >= 0.3 is 12.4 Å². The Hall–Kier alpha value is -2.13. The summed E-state index contributed by atoms with van der Waals surface area (Å²) >= 11 is 0. The van der Waals surface area contributed by atoms with Gasteiger partial charge in [-0.1, -0.05) is 0 Å². The second-order valence-corrected chi connectivity index (χ2v) is 4.23. The number of nitrogens with one attached hydrogen (secondary N) is 2. The maximum absolute atomic E-state index is 13.0. The average Bonchev–Trinajstić information content (AvgIpc) is 2.78. The van der Waals surface area contributed by atoms with Crippen molar-refractivity contribution in [2.45, 2.75) is 12.4 Å². The van der Waals surface area contributed by atoms with E-state index in [1.807, 2.05) is 0 Å². The Bertz CT molecular complexity index is 575. The Morgan fingerprint density at radius 1 is 1.10 bits per heavy atom. The van der Waals surface area contributed by atoms with Crippen LogP contribution in [-0.4, -0.2) is 19.0 Å². The van der Waals surface area contributed by atoms with Gasteiger partial charge in [-0.05, 0) is 12.1 Å². The van der Waals surface area contributed by atoms with Gasteiger partial charge < -0.3 is 16.4 Å². The highest BCUT2D eigenvalue weighted by molar-refractivity contribution is 5.97. The molecule has 0 aromatic heterocycles. The quantitative estimate of drug-likeness (QED) is 0.552. The highest BCUT2D eigenvalue weighted by Crippen LogP contribution is 2.45. The number of guanidine groups is 1. The maximum atomic E-state index is 13.0. The molecule has 21 heavy (non-hydrogen) atoms. The van der Waals surface area contributed by atoms with E-state index in [9.17, 15) is 26.3 Å². The number of anilines is 2. The summed E-state index contributed by atoms with van der Waals surface area (Å²) in [6.45, 7) is 0.584. The van der Waals surface area contributed by atoms with Crippen LogP contribution in [0, 0.1) is 0 Å². The molecule has 0 radical (unpaired) electrons. The van der Waals surface area contributed by atoms with Gasteiger partial charge in [-0.15, -0.1) is 0 Å². The first kappa shape index (κ1) is 15.3. The number of hydrogen-bond donors (Lipinski definition) is 3. The van der Waals surface area contributed by atoms with E-state index in [1.165, 1.54) is 0 Å². The van der Waals surface area contributed by atoms with Gasteiger partial charge in [-0.2, -0.15) is 26.3 Å². The van der Waals surface area contributed by atoms with Gasteiger partial charge in [0.2, 0.25) is 0 Å². The molecule has 0 saturated carbocycles. The van der Waals surface area contributed by atoms with Gasteiger partial charge in [0.25, 0.3) is 0 Å². The van der Waals surface area contributed by atoms with Crippen LogP contribution in [0.25, 0.3) is 0 Å². The molecule has 0 bridgehead atoms. The van der Waals surface area contributed by atoms with Crippen LogP contribution in [0.1, 0.15) is 11.1 Å². The van der Waals surface area contributed by atoms with E-state index in [2.05, 4.69) is 15.6 Å². The molecule has 1 aromatic carbocycles. The van der Waals surface area contributed by atoms with E-state index in [4.69, 9.17) is 5.73 Å². The molecule has 0 aliphatic carbocycles. The second-order valence-electron chi connectivity index (χ2n) is 4.23. The molecule has 1 aromatic rings. The van der Waals surface area contributed by atoms with Crippen molar-refractivity contribution < 1.29 is 26.3 Å². The summed E-state index contributed by atoms with van der Waals surface area (Å²) in [7, 11) is 0. The minimum Gasteiger partial charge on any atom is -0.398 e. The molecule has 4 nitrogen and oxygen atoms in total. The maximum Gasteiger partial charge on any atom is 0.420 e. The largest absolute Gasteiger partial charge is 0.420 e. The van der Waals surface area contributed by atoms with Gasteiger partial charge in [-0.25, -0.2) is 0 Å². The first-order valence-corrected chi connectivity index (χ1v) is 5.73. The van der Waals surface area contributed by atoms with E-state index >= 15 is 0 Å². The zero-order valence-corrected chi connectivity index (χ0v) is 10.4. The van der Waals surface area contributed by atoms with Crippen LogP contribution in [0.3, 0.4) is 0 Å². The van der Waals surface area contributed by atoms with Crippen LogP contribution in [0.2, 0.25) is 0 Å². The molecule has 0 fully saturated rings. The van der Waals surface area contributed by atoms with Crippen LogP contribution in [0.4, 0.5) is 37.7 Å². The highest BCUT2D eigenvalue weighted by Gasteiger charge is 2.42. The van der Waals surface area contributed by atoms with Crippen LogP contribution in [0.15, 0.2) is 17.1 Å². The van der Waals surface area contributed by atoms with Crippen molar-refractivity contribution in [2.24, 2.45) is 4.99 Å². The lowest BCUT2D eigenvalue weighted by atomic mass is 10.0. The number of nitrogens with zero attached hydrogens (tertiary/aromatic N) is 1. The lowest BCUT2D eigenvalue weighted by Gasteiger charge is -2.21. The number of halogens is 6. The van der Waals surface area contributed by atoms with Gasteiger partial charge in [0.1, 0.15) is 5.56 Å². The first-order chi connectivity index (χ1) is 9.60. The van der Waals surface area contributed by atoms with Crippen LogP contribution in [-0.2, 0) is 12.4 Å². The average molecular weight is 312 g/mol. The smallest absolute Gasteiger partial charge is 0.398 e. The number of nitrogens with two attached hydrogens (primary N) is 1. The summed E-state index contributed by atoms with van der Waals surface area (Å²) in [6.07, 6.45) is -10.00. The van der Waals surface area contributed by atoms with Crippen LogP contribution in [0.5, 0.6) is 0 Å². The molecule has 0 spiro atoms. The Kier molecular flexibility index (Phi) is 3.64. The fourth-order valence-electron chi connectivity index (χ4n) is 1.89. The van der Waals surface area contributed by atoms with Crippen molar-refractivity contribution in [3.63, 3.8) is 0 Å². The van der Waals surface area contributed by atoms with Gasteiger partial charge in [-0.3, -0.25) is 4.99 Å². The number of benzene rings is 1. The number of nitrogen functional groups attached to an aromatic ring is 1. The Labute approximate surface area is 115 Å². The number of rotatable bonds is 1. The summed E-state index contributed by atoms with van der Waals surface area (Å²) in [5, 5.41) is 4.60. The Morgan fingerprint density at radius 2 is 1.76 bits per heavy atom. The molecule has 0 unspecified atom stereocenters. The topological polar surface area (TPSA) is 62.4 Å². The van der Waals surface area contributed by atoms with E-state index in [0.717, 1.165) is 0 Å². The van der Waals surface area contributed by atoms with Crippen LogP contribution >= 0.6 is 0 Å². The Morgan fingerprint density at radius 3 is 2.24 bits per heavy atom. The fourth-order valence-corrected chi connectivity index (χ4v) is 1.89. The molecular weight excluding hydrogens is 302 g/mol. The summed E-state index contributed by atoms with van der Waals surface area (Å²) in [4.78, 5) is 3.73. The van der Waals surface area contributed by atoms with Crippen molar-refractivity contribution in [3.05, 3.63) is 23.3 Å². The fraction of sp³-hybridized carbons (Fsp3) is 0.364. The predicted octanol–water partition coefficient (Wildman–Crippen LogP) is 2.68. The predicted molar refractivity (Wildman–Crippen MR) is 64.8 cm³/mol. The molecule has 10 heteroatoms. The molecule has 4 N–H and O–H groups in total. The zero-order valence-electron chi connectivity index (χ0n) is 10.4. The lowest BCUT2D eigenvalue weighted by Crippen LogP contribution is -2.29. The SMILES string of the molecule is Nc1ccc(C(F)(F)F)c(NC2=NCCN2)c1C(F)(F)F. The monoisotopic (exact) mass is 312 g/mol. The second kappa shape index (κ2) is 5.01.